The normalized spacial score (nSPS) is 11.0. The minimum Gasteiger partial charge on any atom is -0.483 e. The second-order valence-corrected chi connectivity index (χ2v) is 5.91. The van der Waals surface area contributed by atoms with Crippen LogP contribution in [-0.2, 0) is 6.61 Å². The Bertz CT molecular complexity index is 816. The van der Waals surface area contributed by atoms with Gasteiger partial charge in [0.05, 0.1) is 5.39 Å². The molecule has 2 heterocycles. The van der Waals surface area contributed by atoms with Gasteiger partial charge in [-0.1, -0.05) is 12.1 Å². The van der Waals surface area contributed by atoms with Crippen molar-refractivity contribution < 1.29 is 9.13 Å². The zero-order valence-corrected chi connectivity index (χ0v) is 12.5. The molecule has 3 rings (SSSR count). The van der Waals surface area contributed by atoms with Gasteiger partial charge in [0, 0.05) is 4.88 Å². The summed E-state index contributed by atoms with van der Waals surface area (Å²) in [5.41, 5.74) is 7.10. The highest BCUT2D eigenvalue weighted by molar-refractivity contribution is 7.18. The van der Waals surface area contributed by atoms with Gasteiger partial charge >= 0.3 is 0 Å². The maximum Gasteiger partial charge on any atom is 0.169 e. The number of ether oxygens (including phenoxy) is 1. The van der Waals surface area contributed by atoms with Crippen molar-refractivity contribution in [2.75, 3.05) is 5.73 Å². The van der Waals surface area contributed by atoms with Gasteiger partial charge < -0.3 is 10.5 Å². The molecule has 0 amide bonds. The summed E-state index contributed by atoms with van der Waals surface area (Å²) in [5.74, 6) is 0.658. The molecule has 0 spiro atoms. The molecule has 108 valence electrons. The molecular weight excluding hydrogens is 289 g/mol. The molecule has 2 N–H and O–H groups in total. The number of hydrogen-bond acceptors (Lipinski definition) is 5. The van der Waals surface area contributed by atoms with Gasteiger partial charge in [-0.15, -0.1) is 11.3 Å². The number of nitrogen functional groups attached to an aromatic ring is 1. The Morgan fingerprint density at radius 2 is 2.00 bits per heavy atom. The Hall–Kier alpha value is -2.21. The number of nitrogens with two attached hydrogens (primary N) is 1. The van der Waals surface area contributed by atoms with Crippen LogP contribution in [0.25, 0.3) is 10.2 Å². The average Bonchev–Trinajstić information content (AvgIpc) is 2.73. The number of fused-ring (bicyclic) bond motifs is 1. The number of halogens is 1. The summed E-state index contributed by atoms with van der Waals surface area (Å²) in [4.78, 5) is 10.7. The van der Waals surface area contributed by atoms with Crippen LogP contribution in [-0.4, -0.2) is 9.97 Å². The van der Waals surface area contributed by atoms with E-state index in [2.05, 4.69) is 9.97 Å². The second kappa shape index (κ2) is 5.29. The van der Waals surface area contributed by atoms with E-state index in [1.165, 1.54) is 6.07 Å². The molecule has 6 heteroatoms. The third-order valence-corrected chi connectivity index (χ3v) is 4.40. The first kappa shape index (κ1) is 13.8. The molecule has 1 aromatic carbocycles. The lowest BCUT2D eigenvalue weighted by molar-refractivity contribution is 0.281. The summed E-state index contributed by atoms with van der Waals surface area (Å²) in [5, 5.41) is 0.896. The Morgan fingerprint density at radius 1 is 1.24 bits per heavy atom. The second-order valence-electron chi connectivity index (χ2n) is 4.71. The third kappa shape index (κ3) is 2.54. The molecule has 0 saturated carbocycles. The number of para-hydroxylation sites is 1. The lowest BCUT2D eigenvalue weighted by atomic mass is 10.2. The zero-order chi connectivity index (χ0) is 15.0. The van der Waals surface area contributed by atoms with Gasteiger partial charge in [0.2, 0.25) is 0 Å². The first-order valence-electron chi connectivity index (χ1n) is 6.45. The van der Waals surface area contributed by atoms with Crippen molar-refractivity contribution in [3.8, 4) is 5.75 Å². The molecule has 21 heavy (non-hydrogen) atoms. The van der Waals surface area contributed by atoms with Crippen LogP contribution in [0.3, 0.4) is 0 Å². The van der Waals surface area contributed by atoms with Gasteiger partial charge in [0.1, 0.15) is 17.3 Å². The zero-order valence-electron chi connectivity index (χ0n) is 11.7. The molecule has 0 aliphatic rings. The Kier molecular flexibility index (Phi) is 3.47. The largest absolute Gasteiger partial charge is 0.483 e. The maximum absolute atomic E-state index is 13.5. The van der Waals surface area contributed by atoms with Crippen molar-refractivity contribution in [2.24, 2.45) is 0 Å². The fourth-order valence-electron chi connectivity index (χ4n) is 2.10. The van der Waals surface area contributed by atoms with Gasteiger partial charge in [0.15, 0.2) is 17.4 Å². The van der Waals surface area contributed by atoms with Crippen molar-refractivity contribution >= 4 is 27.4 Å². The van der Waals surface area contributed by atoms with E-state index in [-0.39, 0.29) is 12.4 Å². The molecule has 0 saturated heterocycles. The van der Waals surface area contributed by atoms with Crippen LogP contribution < -0.4 is 10.5 Å². The third-order valence-electron chi connectivity index (χ3n) is 3.30. The number of aryl methyl sites for hydroxylation is 2. The standard InChI is InChI=1S/C15H14FN3OS/c1-8-9(2)21-15-13(8)14(17)18-12(19-15)7-20-11-6-4-3-5-10(11)16/h3-6H,7H2,1-2H3,(H2,17,18,19). The van der Waals surface area contributed by atoms with E-state index in [0.29, 0.717) is 11.6 Å². The Labute approximate surface area is 125 Å². The Balaban J connectivity index is 1.90. The van der Waals surface area contributed by atoms with Gasteiger partial charge in [-0.25, -0.2) is 14.4 Å². The monoisotopic (exact) mass is 303 g/mol. The van der Waals surface area contributed by atoms with Crippen LogP contribution >= 0.6 is 11.3 Å². The highest BCUT2D eigenvalue weighted by Gasteiger charge is 2.13. The van der Waals surface area contributed by atoms with Crippen LogP contribution in [0.15, 0.2) is 24.3 Å². The maximum atomic E-state index is 13.5. The van der Waals surface area contributed by atoms with Crippen molar-refractivity contribution in [2.45, 2.75) is 20.5 Å². The average molecular weight is 303 g/mol. The van der Waals surface area contributed by atoms with Crippen LogP contribution in [0.5, 0.6) is 5.75 Å². The quantitative estimate of drug-likeness (QED) is 0.803. The molecule has 0 aliphatic carbocycles. The van der Waals surface area contributed by atoms with Crippen LogP contribution in [0, 0.1) is 19.7 Å². The minimum atomic E-state index is -0.408. The molecule has 0 bridgehead atoms. The number of anilines is 1. The van der Waals surface area contributed by atoms with E-state index in [0.717, 1.165) is 20.7 Å². The summed E-state index contributed by atoms with van der Waals surface area (Å²) in [6.45, 7) is 4.11. The number of benzene rings is 1. The molecule has 4 nitrogen and oxygen atoms in total. The number of aromatic nitrogens is 2. The molecule has 0 unspecified atom stereocenters. The van der Waals surface area contributed by atoms with E-state index in [4.69, 9.17) is 10.5 Å². The summed E-state index contributed by atoms with van der Waals surface area (Å²) < 4.78 is 18.9. The van der Waals surface area contributed by atoms with Gasteiger partial charge in [0.25, 0.3) is 0 Å². The fraction of sp³-hybridized carbons (Fsp3) is 0.200. The summed E-state index contributed by atoms with van der Waals surface area (Å²) in [6, 6.07) is 6.24. The first-order valence-corrected chi connectivity index (χ1v) is 7.27. The molecule has 0 atom stereocenters. The predicted molar refractivity (Wildman–Crippen MR) is 82.0 cm³/mol. The Morgan fingerprint density at radius 3 is 2.76 bits per heavy atom. The summed E-state index contributed by atoms with van der Waals surface area (Å²) in [6.07, 6.45) is 0. The molecule has 0 fully saturated rings. The van der Waals surface area contributed by atoms with Gasteiger partial charge in [-0.3, -0.25) is 0 Å². The molecular formula is C15H14FN3OS. The lowest BCUT2D eigenvalue weighted by Crippen LogP contribution is -2.05. The van der Waals surface area contributed by atoms with Crippen molar-refractivity contribution in [1.82, 2.24) is 9.97 Å². The van der Waals surface area contributed by atoms with Crippen molar-refractivity contribution in [1.29, 1.82) is 0 Å². The van der Waals surface area contributed by atoms with E-state index in [1.807, 2.05) is 13.8 Å². The van der Waals surface area contributed by atoms with E-state index in [9.17, 15) is 4.39 Å². The van der Waals surface area contributed by atoms with Crippen LogP contribution in [0.4, 0.5) is 10.2 Å². The summed E-state index contributed by atoms with van der Waals surface area (Å²) >= 11 is 1.57. The topological polar surface area (TPSA) is 61.0 Å². The van der Waals surface area contributed by atoms with Crippen molar-refractivity contribution in [3.05, 3.63) is 46.3 Å². The molecule has 2 aromatic heterocycles. The molecule has 0 radical (unpaired) electrons. The van der Waals surface area contributed by atoms with Gasteiger partial charge in [-0.05, 0) is 31.5 Å². The summed E-state index contributed by atoms with van der Waals surface area (Å²) in [7, 11) is 0. The molecule has 0 aliphatic heterocycles. The number of hydrogen-bond donors (Lipinski definition) is 1. The smallest absolute Gasteiger partial charge is 0.169 e. The number of thiophene rings is 1. The highest BCUT2D eigenvalue weighted by Crippen LogP contribution is 2.32. The lowest BCUT2D eigenvalue weighted by Gasteiger charge is -2.07. The van der Waals surface area contributed by atoms with Crippen LogP contribution in [0.1, 0.15) is 16.3 Å². The number of nitrogens with zero attached hydrogens (tertiary/aromatic N) is 2. The van der Waals surface area contributed by atoms with Crippen molar-refractivity contribution in [3.63, 3.8) is 0 Å². The van der Waals surface area contributed by atoms with E-state index < -0.39 is 5.82 Å². The van der Waals surface area contributed by atoms with E-state index >= 15 is 0 Å². The first-order chi connectivity index (χ1) is 10.1. The predicted octanol–water partition coefficient (Wildman–Crippen LogP) is 3.61. The minimum absolute atomic E-state index is 0.0804. The fourth-order valence-corrected chi connectivity index (χ4v) is 3.15. The number of rotatable bonds is 3. The highest BCUT2D eigenvalue weighted by atomic mass is 32.1. The van der Waals surface area contributed by atoms with Gasteiger partial charge in [-0.2, -0.15) is 0 Å². The molecule has 3 aromatic rings. The van der Waals surface area contributed by atoms with Crippen LogP contribution in [0.2, 0.25) is 0 Å². The van der Waals surface area contributed by atoms with E-state index in [1.54, 1.807) is 29.5 Å². The SMILES string of the molecule is Cc1sc2nc(COc3ccccc3F)nc(N)c2c1C.